The first-order chi connectivity index (χ1) is 9.91. The van der Waals surface area contributed by atoms with Gasteiger partial charge >= 0.3 is 6.01 Å². The van der Waals surface area contributed by atoms with Crippen molar-refractivity contribution in [3.63, 3.8) is 0 Å². The van der Waals surface area contributed by atoms with Gasteiger partial charge in [0.25, 0.3) is 0 Å². The number of aromatic nitrogens is 3. The minimum atomic E-state index is -3.25. The fourth-order valence-corrected chi connectivity index (χ4v) is 4.83. The van der Waals surface area contributed by atoms with E-state index < -0.39 is 15.2 Å². The molecule has 0 N–H and O–H groups in total. The maximum absolute atomic E-state index is 11.9. The van der Waals surface area contributed by atoms with Crippen LogP contribution in [0.15, 0.2) is 0 Å². The Balaban J connectivity index is 2.32. The summed E-state index contributed by atoms with van der Waals surface area (Å²) in [6, 6.07) is 0.123. The lowest BCUT2D eigenvalue weighted by atomic mass is 10.5. The van der Waals surface area contributed by atoms with Gasteiger partial charge in [0.05, 0.1) is 6.61 Å². The molecule has 1 aromatic heterocycles. The van der Waals surface area contributed by atoms with E-state index in [0.717, 1.165) is 12.2 Å². The number of halogens is 1. The second kappa shape index (κ2) is 6.97. The van der Waals surface area contributed by atoms with Crippen LogP contribution in [0.3, 0.4) is 0 Å². The maximum Gasteiger partial charge on any atom is 0.322 e. The zero-order chi connectivity index (χ0) is 15.5. The van der Waals surface area contributed by atoms with Gasteiger partial charge in [-0.15, -0.1) is 0 Å². The second-order valence-corrected chi connectivity index (χ2v) is 8.28. The van der Waals surface area contributed by atoms with Gasteiger partial charge in [-0.25, -0.2) is 8.42 Å². The van der Waals surface area contributed by atoms with Gasteiger partial charge in [0.2, 0.25) is 11.2 Å². The Morgan fingerprint density at radius 1 is 1.43 bits per heavy atom. The molecule has 0 bridgehead atoms. The van der Waals surface area contributed by atoms with Gasteiger partial charge in [-0.2, -0.15) is 26.7 Å². The second-order valence-electron chi connectivity index (χ2n) is 4.59. The minimum Gasteiger partial charge on any atom is -0.463 e. The standard InChI is InChI=1S/C11H17ClN4O3S2/c1-3-5-19-11-14-9(12)13-10(15-11)16-4-6-20-7-8(16)21(2,17)18/h8H,3-7H2,1-2H3. The molecule has 1 aliphatic heterocycles. The third-order valence-corrected chi connectivity index (χ3v) is 5.66. The number of nitrogens with zero attached hydrogens (tertiary/aromatic N) is 4. The van der Waals surface area contributed by atoms with Crippen LogP contribution in [-0.2, 0) is 9.84 Å². The molecule has 7 nitrogen and oxygen atoms in total. The van der Waals surface area contributed by atoms with Gasteiger partial charge in [-0.05, 0) is 18.0 Å². The number of hydrogen-bond donors (Lipinski definition) is 0. The summed E-state index contributed by atoms with van der Waals surface area (Å²) in [7, 11) is -3.25. The highest BCUT2D eigenvalue weighted by atomic mass is 35.5. The molecule has 1 saturated heterocycles. The van der Waals surface area contributed by atoms with Gasteiger partial charge in [-0.3, -0.25) is 0 Å². The molecule has 1 unspecified atom stereocenters. The van der Waals surface area contributed by atoms with Crippen molar-refractivity contribution in [3.8, 4) is 6.01 Å². The summed E-state index contributed by atoms with van der Waals surface area (Å²) in [4.78, 5) is 13.8. The van der Waals surface area contributed by atoms with Crippen molar-refractivity contribution in [1.29, 1.82) is 0 Å². The number of ether oxygens (including phenoxy) is 1. The lowest BCUT2D eigenvalue weighted by molar-refractivity contribution is 0.291. The molecule has 2 heterocycles. The zero-order valence-corrected chi connectivity index (χ0v) is 14.2. The monoisotopic (exact) mass is 352 g/mol. The summed E-state index contributed by atoms with van der Waals surface area (Å²) < 4.78 is 29.2. The topological polar surface area (TPSA) is 85.3 Å². The molecule has 0 saturated carbocycles. The first-order valence-corrected chi connectivity index (χ1v) is 9.98. The number of anilines is 1. The van der Waals surface area contributed by atoms with E-state index in [9.17, 15) is 8.42 Å². The summed E-state index contributed by atoms with van der Waals surface area (Å²) in [6.07, 6.45) is 2.03. The molecular formula is C11H17ClN4O3S2. The highest BCUT2D eigenvalue weighted by Gasteiger charge is 2.33. The summed E-state index contributed by atoms with van der Waals surface area (Å²) in [5, 5.41) is -0.662. The fourth-order valence-electron chi connectivity index (χ4n) is 1.87. The van der Waals surface area contributed by atoms with E-state index in [1.165, 1.54) is 6.26 Å². The molecule has 0 amide bonds. The molecule has 1 fully saturated rings. The number of rotatable bonds is 5. The van der Waals surface area contributed by atoms with E-state index in [2.05, 4.69) is 15.0 Å². The lowest BCUT2D eigenvalue weighted by Crippen LogP contribution is -2.47. The maximum atomic E-state index is 11.9. The lowest BCUT2D eigenvalue weighted by Gasteiger charge is -2.33. The van der Waals surface area contributed by atoms with Crippen molar-refractivity contribution in [1.82, 2.24) is 15.0 Å². The molecule has 1 atom stereocenters. The molecule has 1 aromatic rings. The Bertz CT molecular complexity index is 599. The fraction of sp³-hybridized carbons (Fsp3) is 0.727. The third kappa shape index (κ3) is 4.33. The first-order valence-electron chi connectivity index (χ1n) is 6.49. The molecule has 21 heavy (non-hydrogen) atoms. The van der Waals surface area contributed by atoms with Crippen molar-refractivity contribution in [2.24, 2.45) is 0 Å². The minimum absolute atomic E-state index is 0.00317. The predicted octanol–water partition coefficient (Wildman–Crippen LogP) is 1.24. The summed E-state index contributed by atoms with van der Waals surface area (Å²) in [5.41, 5.74) is 0. The molecule has 10 heteroatoms. The van der Waals surface area contributed by atoms with Gasteiger partial charge in [-0.1, -0.05) is 6.92 Å². The predicted molar refractivity (Wildman–Crippen MR) is 83.9 cm³/mol. The zero-order valence-electron chi connectivity index (χ0n) is 11.8. The molecular weight excluding hydrogens is 336 g/mol. The molecule has 0 spiro atoms. The SMILES string of the molecule is CCCOc1nc(Cl)nc(N2CCSCC2S(C)(=O)=O)n1. The number of hydrogen-bond acceptors (Lipinski definition) is 8. The van der Waals surface area contributed by atoms with Crippen molar-refractivity contribution in [3.05, 3.63) is 5.28 Å². The van der Waals surface area contributed by atoms with E-state index in [-0.39, 0.29) is 17.2 Å². The van der Waals surface area contributed by atoms with Crippen LogP contribution in [-0.4, -0.2) is 59.7 Å². The Morgan fingerprint density at radius 3 is 2.86 bits per heavy atom. The number of thioether (sulfide) groups is 1. The summed E-state index contributed by atoms with van der Waals surface area (Å²) >= 11 is 7.48. The van der Waals surface area contributed by atoms with Crippen LogP contribution < -0.4 is 9.64 Å². The smallest absolute Gasteiger partial charge is 0.322 e. The molecule has 0 aromatic carbocycles. The van der Waals surface area contributed by atoms with Crippen LogP contribution in [0, 0.1) is 0 Å². The molecule has 118 valence electrons. The Morgan fingerprint density at radius 2 is 2.19 bits per heavy atom. The Hall–Kier alpha value is -0.800. The van der Waals surface area contributed by atoms with E-state index in [0.29, 0.717) is 18.9 Å². The molecule has 2 rings (SSSR count). The van der Waals surface area contributed by atoms with Crippen LogP contribution in [0.5, 0.6) is 6.01 Å². The Kier molecular flexibility index (Phi) is 5.50. The van der Waals surface area contributed by atoms with Gasteiger partial charge in [0, 0.05) is 24.3 Å². The van der Waals surface area contributed by atoms with Gasteiger partial charge in [0.1, 0.15) is 5.37 Å². The van der Waals surface area contributed by atoms with Crippen LogP contribution in [0.4, 0.5) is 5.95 Å². The van der Waals surface area contributed by atoms with Crippen LogP contribution >= 0.6 is 23.4 Å². The van der Waals surface area contributed by atoms with Crippen molar-refractivity contribution in [2.75, 3.05) is 35.8 Å². The van der Waals surface area contributed by atoms with Gasteiger partial charge in [0.15, 0.2) is 9.84 Å². The van der Waals surface area contributed by atoms with Crippen LogP contribution in [0.1, 0.15) is 13.3 Å². The van der Waals surface area contributed by atoms with E-state index >= 15 is 0 Å². The summed E-state index contributed by atoms with van der Waals surface area (Å²) in [5.74, 6) is 1.53. The van der Waals surface area contributed by atoms with Crippen molar-refractivity contribution < 1.29 is 13.2 Å². The highest BCUT2D eigenvalue weighted by molar-refractivity contribution is 8.01. The number of sulfone groups is 1. The Labute approximate surface area is 133 Å². The summed E-state index contributed by atoms with van der Waals surface area (Å²) in [6.45, 7) is 2.96. The first kappa shape index (κ1) is 16.6. The quantitative estimate of drug-likeness (QED) is 0.782. The van der Waals surface area contributed by atoms with Crippen molar-refractivity contribution in [2.45, 2.75) is 18.7 Å². The van der Waals surface area contributed by atoms with Gasteiger partial charge < -0.3 is 9.64 Å². The van der Waals surface area contributed by atoms with E-state index in [1.54, 1.807) is 16.7 Å². The van der Waals surface area contributed by atoms with E-state index in [1.807, 2.05) is 6.92 Å². The van der Waals surface area contributed by atoms with Crippen LogP contribution in [0.2, 0.25) is 5.28 Å². The average Bonchev–Trinajstić information content (AvgIpc) is 2.43. The van der Waals surface area contributed by atoms with E-state index in [4.69, 9.17) is 16.3 Å². The van der Waals surface area contributed by atoms with Crippen LogP contribution in [0.25, 0.3) is 0 Å². The highest BCUT2D eigenvalue weighted by Crippen LogP contribution is 2.25. The molecule has 0 aliphatic carbocycles. The molecule has 0 radical (unpaired) electrons. The average molecular weight is 353 g/mol. The molecule has 1 aliphatic rings. The third-order valence-electron chi connectivity index (χ3n) is 2.85. The normalized spacial score (nSPS) is 19.6. The largest absolute Gasteiger partial charge is 0.463 e. The van der Waals surface area contributed by atoms with Crippen molar-refractivity contribution >= 4 is 39.1 Å².